The number of benzene rings is 1. The summed E-state index contributed by atoms with van der Waals surface area (Å²) >= 11 is 0. The number of hydrogen-bond acceptors (Lipinski definition) is 3. The molecule has 1 unspecified atom stereocenters. The summed E-state index contributed by atoms with van der Waals surface area (Å²) in [4.78, 5) is 32.5. The molecule has 2 amide bonds. The molecule has 0 saturated carbocycles. The van der Waals surface area contributed by atoms with Crippen molar-refractivity contribution in [2.45, 2.75) is 32.6 Å². The van der Waals surface area contributed by atoms with Crippen LogP contribution < -0.4 is 5.73 Å². The Labute approximate surface area is 171 Å². The molecule has 1 atom stereocenters. The van der Waals surface area contributed by atoms with Crippen molar-refractivity contribution in [3.05, 3.63) is 35.4 Å². The van der Waals surface area contributed by atoms with Gasteiger partial charge < -0.3 is 10.6 Å². The maximum atomic E-state index is 12.3. The number of carbonyl (C=O) groups excluding carboxylic acids is 2. The summed E-state index contributed by atoms with van der Waals surface area (Å²) in [5, 5.41) is 0. The molecule has 6 nitrogen and oxygen atoms in total. The predicted molar refractivity (Wildman–Crippen MR) is 113 cm³/mol. The SMILES string of the molecule is CC1CCCN(C(N)=NCCCCN2C(=O)c3ccccc3C2=O)C1.I. The molecular weight excluding hydrogens is 443 g/mol. The number of fused-ring (bicyclic) bond motifs is 1. The van der Waals surface area contributed by atoms with Gasteiger partial charge in [-0.2, -0.15) is 0 Å². The third-order valence-corrected chi connectivity index (χ3v) is 4.92. The Morgan fingerprint density at radius 1 is 1.19 bits per heavy atom. The van der Waals surface area contributed by atoms with Crippen molar-refractivity contribution in [3.63, 3.8) is 0 Å². The molecule has 7 heteroatoms. The number of likely N-dealkylation sites (tertiary alicyclic amines) is 1. The Hall–Kier alpha value is -1.64. The third-order valence-electron chi connectivity index (χ3n) is 4.92. The number of amides is 2. The molecule has 3 rings (SSSR count). The van der Waals surface area contributed by atoms with Crippen LogP contribution in [0.3, 0.4) is 0 Å². The molecule has 1 fully saturated rings. The fraction of sp³-hybridized carbons (Fsp3) is 0.526. The number of piperidine rings is 1. The maximum absolute atomic E-state index is 12.3. The number of halogens is 1. The zero-order chi connectivity index (χ0) is 17.8. The largest absolute Gasteiger partial charge is 0.370 e. The van der Waals surface area contributed by atoms with Crippen LogP contribution in [0.5, 0.6) is 0 Å². The molecule has 0 bridgehead atoms. The Bertz CT molecular complexity index is 657. The molecule has 0 aliphatic carbocycles. The number of hydrogen-bond donors (Lipinski definition) is 1. The van der Waals surface area contributed by atoms with Crippen molar-refractivity contribution in [1.82, 2.24) is 9.80 Å². The maximum Gasteiger partial charge on any atom is 0.261 e. The van der Waals surface area contributed by atoms with E-state index in [9.17, 15) is 9.59 Å². The summed E-state index contributed by atoms with van der Waals surface area (Å²) in [6.07, 6.45) is 3.96. The first-order chi connectivity index (χ1) is 12.1. The van der Waals surface area contributed by atoms with Gasteiger partial charge in [0.2, 0.25) is 0 Å². The molecule has 0 radical (unpaired) electrons. The zero-order valence-electron chi connectivity index (χ0n) is 15.2. The molecule has 2 aliphatic rings. The number of imide groups is 1. The molecule has 142 valence electrons. The summed E-state index contributed by atoms with van der Waals surface area (Å²) in [7, 11) is 0. The van der Waals surface area contributed by atoms with Gasteiger partial charge in [0.25, 0.3) is 11.8 Å². The lowest BCUT2D eigenvalue weighted by atomic mass is 10.0. The molecule has 1 aromatic rings. The zero-order valence-corrected chi connectivity index (χ0v) is 17.5. The van der Waals surface area contributed by atoms with Crippen LogP contribution in [0.15, 0.2) is 29.3 Å². The molecule has 0 spiro atoms. The Morgan fingerprint density at radius 3 is 2.46 bits per heavy atom. The number of rotatable bonds is 5. The van der Waals surface area contributed by atoms with E-state index in [0.29, 0.717) is 36.1 Å². The topological polar surface area (TPSA) is 79.0 Å². The van der Waals surface area contributed by atoms with E-state index in [1.165, 1.54) is 11.3 Å². The van der Waals surface area contributed by atoms with E-state index in [1.807, 2.05) is 0 Å². The van der Waals surface area contributed by atoms with Gasteiger partial charge in [-0.3, -0.25) is 19.5 Å². The quantitative estimate of drug-likeness (QED) is 0.236. The molecule has 2 aliphatic heterocycles. The van der Waals surface area contributed by atoms with E-state index in [2.05, 4.69) is 16.8 Å². The van der Waals surface area contributed by atoms with E-state index in [0.717, 1.165) is 32.4 Å². The molecular formula is C19H27IN4O2. The molecule has 2 N–H and O–H groups in total. The van der Waals surface area contributed by atoms with E-state index >= 15 is 0 Å². The summed E-state index contributed by atoms with van der Waals surface area (Å²) in [5.41, 5.74) is 7.09. The van der Waals surface area contributed by atoms with Crippen LogP contribution in [0.1, 0.15) is 53.3 Å². The van der Waals surface area contributed by atoms with Gasteiger partial charge in [-0.25, -0.2) is 0 Å². The Morgan fingerprint density at radius 2 is 1.85 bits per heavy atom. The average molecular weight is 470 g/mol. The second-order valence-electron chi connectivity index (χ2n) is 6.95. The first kappa shape index (κ1) is 20.7. The minimum atomic E-state index is -0.189. The highest BCUT2D eigenvalue weighted by Crippen LogP contribution is 2.22. The predicted octanol–water partition coefficient (Wildman–Crippen LogP) is 2.73. The monoisotopic (exact) mass is 470 g/mol. The van der Waals surface area contributed by atoms with Crippen LogP contribution in [0.4, 0.5) is 0 Å². The summed E-state index contributed by atoms with van der Waals surface area (Å²) in [6.45, 7) is 5.25. The van der Waals surface area contributed by atoms with Gasteiger partial charge in [0, 0.05) is 26.2 Å². The minimum Gasteiger partial charge on any atom is -0.370 e. The number of nitrogens with zero attached hydrogens (tertiary/aromatic N) is 3. The van der Waals surface area contributed by atoms with Crippen molar-refractivity contribution >= 4 is 41.8 Å². The highest BCUT2D eigenvalue weighted by atomic mass is 127. The van der Waals surface area contributed by atoms with Crippen LogP contribution in [-0.4, -0.2) is 53.8 Å². The highest BCUT2D eigenvalue weighted by Gasteiger charge is 2.34. The number of aliphatic imine (C=N–C) groups is 1. The minimum absolute atomic E-state index is 0. The highest BCUT2D eigenvalue weighted by molar-refractivity contribution is 14.0. The second kappa shape index (κ2) is 9.34. The van der Waals surface area contributed by atoms with E-state index < -0.39 is 0 Å². The van der Waals surface area contributed by atoms with Gasteiger partial charge >= 0.3 is 0 Å². The van der Waals surface area contributed by atoms with Crippen LogP contribution in [0, 0.1) is 5.92 Å². The number of nitrogens with two attached hydrogens (primary N) is 1. The Balaban J connectivity index is 0.00000243. The molecule has 26 heavy (non-hydrogen) atoms. The standard InChI is InChI=1S/C19H26N4O2.HI/c1-14-7-6-11-22(13-14)19(20)21-10-4-5-12-23-17(24)15-8-2-3-9-16(15)18(23)25;/h2-3,8-9,14H,4-7,10-13H2,1H3,(H2,20,21);1H. The van der Waals surface area contributed by atoms with Gasteiger partial charge in [-0.1, -0.05) is 19.1 Å². The number of unbranched alkanes of at least 4 members (excludes halogenated alkanes) is 1. The van der Waals surface area contributed by atoms with Gasteiger partial charge in [0.05, 0.1) is 11.1 Å². The van der Waals surface area contributed by atoms with Crippen LogP contribution >= 0.6 is 24.0 Å². The van der Waals surface area contributed by atoms with Crippen molar-refractivity contribution in [1.29, 1.82) is 0 Å². The summed E-state index contributed by atoms with van der Waals surface area (Å²) in [5.74, 6) is 0.903. The van der Waals surface area contributed by atoms with Crippen molar-refractivity contribution < 1.29 is 9.59 Å². The van der Waals surface area contributed by atoms with Gasteiger partial charge in [-0.15, -0.1) is 24.0 Å². The smallest absolute Gasteiger partial charge is 0.261 e. The second-order valence-corrected chi connectivity index (χ2v) is 6.95. The number of guanidine groups is 1. The Kier molecular flexibility index (Phi) is 7.43. The summed E-state index contributed by atoms with van der Waals surface area (Å²) in [6, 6.07) is 6.99. The lowest BCUT2D eigenvalue weighted by molar-refractivity contribution is 0.0652. The van der Waals surface area contributed by atoms with Crippen molar-refractivity contribution in [2.24, 2.45) is 16.6 Å². The van der Waals surface area contributed by atoms with Gasteiger partial charge in [0.15, 0.2) is 5.96 Å². The molecule has 1 saturated heterocycles. The molecule has 1 aromatic carbocycles. The fourth-order valence-electron chi connectivity index (χ4n) is 3.52. The van der Waals surface area contributed by atoms with E-state index in [-0.39, 0.29) is 35.8 Å². The van der Waals surface area contributed by atoms with Gasteiger partial charge in [-0.05, 0) is 43.7 Å². The van der Waals surface area contributed by atoms with Crippen LogP contribution in [-0.2, 0) is 0 Å². The van der Waals surface area contributed by atoms with Crippen LogP contribution in [0.2, 0.25) is 0 Å². The molecule has 2 heterocycles. The summed E-state index contributed by atoms with van der Waals surface area (Å²) < 4.78 is 0. The molecule has 0 aromatic heterocycles. The van der Waals surface area contributed by atoms with Crippen molar-refractivity contribution in [3.8, 4) is 0 Å². The van der Waals surface area contributed by atoms with Gasteiger partial charge in [0.1, 0.15) is 0 Å². The lowest BCUT2D eigenvalue weighted by Crippen LogP contribution is -2.43. The lowest BCUT2D eigenvalue weighted by Gasteiger charge is -2.31. The first-order valence-corrected chi connectivity index (χ1v) is 9.08. The normalized spacial score (nSPS) is 20.2. The number of carbonyl (C=O) groups is 2. The van der Waals surface area contributed by atoms with E-state index in [1.54, 1.807) is 24.3 Å². The van der Waals surface area contributed by atoms with E-state index in [4.69, 9.17) is 5.73 Å². The van der Waals surface area contributed by atoms with Crippen molar-refractivity contribution in [2.75, 3.05) is 26.2 Å². The third kappa shape index (κ3) is 4.55. The fourth-order valence-corrected chi connectivity index (χ4v) is 3.52. The average Bonchev–Trinajstić information content (AvgIpc) is 2.86. The first-order valence-electron chi connectivity index (χ1n) is 9.08. The van der Waals surface area contributed by atoms with Crippen LogP contribution in [0.25, 0.3) is 0 Å².